The van der Waals surface area contributed by atoms with Crippen LogP contribution in [0.4, 0.5) is 0 Å². The predicted octanol–water partition coefficient (Wildman–Crippen LogP) is 3.79. The molecule has 3 nitrogen and oxygen atoms in total. The zero-order chi connectivity index (χ0) is 14.1. The quantitative estimate of drug-likeness (QED) is 0.892. The molecule has 4 fully saturated rings. The van der Waals surface area contributed by atoms with Gasteiger partial charge in [-0.25, -0.2) is 0 Å². The molecule has 0 radical (unpaired) electrons. The third-order valence-corrected chi connectivity index (χ3v) is 6.90. The smallest absolute Gasteiger partial charge is 0.0695 e. The van der Waals surface area contributed by atoms with Gasteiger partial charge in [-0.3, -0.25) is 4.68 Å². The van der Waals surface area contributed by atoms with Gasteiger partial charge in [-0.05, 0) is 77.1 Å². The number of halogens is 1. The molecule has 0 saturated heterocycles. The van der Waals surface area contributed by atoms with Crippen LogP contribution in [0, 0.1) is 22.7 Å². The lowest BCUT2D eigenvalue weighted by molar-refractivity contribution is -0.114. The Kier molecular flexibility index (Phi) is 2.73. The van der Waals surface area contributed by atoms with Crippen molar-refractivity contribution in [2.45, 2.75) is 51.5 Å². The molecule has 110 valence electrons. The summed E-state index contributed by atoms with van der Waals surface area (Å²) in [5, 5.41) is 4.37. The Labute approximate surface area is 129 Å². The third kappa shape index (κ3) is 1.77. The van der Waals surface area contributed by atoms with Crippen LogP contribution >= 0.6 is 15.9 Å². The van der Waals surface area contributed by atoms with Crippen molar-refractivity contribution in [3.8, 4) is 0 Å². The van der Waals surface area contributed by atoms with Crippen LogP contribution in [-0.2, 0) is 7.05 Å². The van der Waals surface area contributed by atoms with Gasteiger partial charge < -0.3 is 5.73 Å². The van der Waals surface area contributed by atoms with Crippen LogP contribution in [0.2, 0.25) is 0 Å². The number of nitrogens with two attached hydrogens (primary N) is 1. The van der Waals surface area contributed by atoms with Crippen LogP contribution in [-0.4, -0.2) is 9.78 Å². The fourth-order valence-electron chi connectivity index (χ4n) is 6.22. The fraction of sp³-hybridized carbons (Fsp3) is 0.812. The minimum atomic E-state index is 0.120. The maximum atomic E-state index is 6.81. The van der Waals surface area contributed by atoms with E-state index in [1.165, 1.54) is 44.2 Å². The van der Waals surface area contributed by atoms with E-state index in [9.17, 15) is 0 Å². The van der Waals surface area contributed by atoms with Crippen molar-refractivity contribution < 1.29 is 0 Å². The van der Waals surface area contributed by atoms with Crippen molar-refractivity contribution in [2.24, 2.45) is 35.4 Å². The molecule has 20 heavy (non-hydrogen) atoms. The molecule has 4 aliphatic carbocycles. The van der Waals surface area contributed by atoms with Gasteiger partial charge in [0.1, 0.15) is 0 Å². The highest BCUT2D eigenvalue weighted by Gasteiger charge is 2.58. The number of nitrogens with zero attached hydrogens (tertiary/aromatic N) is 2. The standard InChI is InChI=1S/C16H24BrN3/c1-15-4-10-3-11(5-15)7-16(6-10,9-15)14(18)13-12(17)8-19-20(13)2/h8,10-11,14H,3-7,9,18H2,1-2H3. The minimum Gasteiger partial charge on any atom is -0.322 e. The molecule has 1 aromatic rings. The van der Waals surface area contributed by atoms with Crippen molar-refractivity contribution >= 4 is 15.9 Å². The summed E-state index contributed by atoms with van der Waals surface area (Å²) in [5.41, 5.74) is 8.86. The van der Waals surface area contributed by atoms with E-state index in [4.69, 9.17) is 5.73 Å². The molecule has 1 heterocycles. The highest BCUT2D eigenvalue weighted by atomic mass is 79.9. The maximum Gasteiger partial charge on any atom is 0.0695 e. The van der Waals surface area contributed by atoms with Gasteiger partial charge in [0.2, 0.25) is 0 Å². The Bertz CT molecular complexity index is 516. The van der Waals surface area contributed by atoms with E-state index in [0.29, 0.717) is 10.8 Å². The molecule has 4 bridgehead atoms. The number of aryl methyl sites for hydroxylation is 1. The molecule has 0 aromatic carbocycles. The van der Waals surface area contributed by atoms with Crippen LogP contribution < -0.4 is 5.73 Å². The zero-order valence-corrected chi connectivity index (χ0v) is 14.0. The zero-order valence-electron chi connectivity index (χ0n) is 12.4. The fourth-order valence-corrected chi connectivity index (χ4v) is 6.82. The number of hydrogen-bond donors (Lipinski definition) is 1. The lowest BCUT2D eigenvalue weighted by Crippen LogP contribution is -2.54. The van der Waals surface area contributed by atoms with Crippen LogP contribution in [0.25, 0.3) is 0 Å². The molecular weight excluding hydrogens is 314 g/mol. The summed E-state index contributed by atoms with van der Waals surface area (Å²) >= 11 is 3.65. The van der Waals surface area contributed by atoms with Crippen LogP contribution in [0.5, 0.6) is 0 Å². The molecule has 3 unspecified atom stereocenters. The van der Waals surface area contributed by atoms with E-state index in [1.54, 1.807) is 0 Å². The highest BCUT2D eigenvalue weighted by Crippen LogP contribution is 2.68. The Morgan fingerprint density at radius 1 is 1.35 bits per heavy atom. The van der Waals surface area contributed by atoms with E-state index in [1.807, 2.05) is 17.9 Å². The average molecular weight is 338 g/mol. The van der Waals surface area contributed by atoms with Gasteiger partial charge in [0.05, 0.1) is 22.4 Å². The van der Waals surface area contributed by atoms with Gasteiger partial charge in [-0.2, -0.15) is 5.10 Å². The second-order valence-electron chi connectivity index (χ2n) is 8.11. The number of hydrogen-bond acceptors (Lipinski definition) is 2. The molecule has 4 aliphatic rings. The van der Waals surface area contributed by atoms with Crippen LogP contribution in [0.15, 0.2) is 10.7 Å². The van der Waals surface area contributed by atoms with Crippen molar-refractivity contribution in [1.82, 2.24) is 9.78 Å². The third-order valence-electron chi connectivity index (χ3n) is 6.29. The molecule has 1 aromatic heterocycles. The first-order chi connectivity index (χ1) is 9.41. The minimum absolute atomic E-state index is 0.120. The molecular formula is C16H24BrN3. The van der Waals surface area contributed by atoms with Gasteiger partial charge in [-0.1, -0.05) is 6.92 Å². The monoisotopic (exact) mass is 337 g/mol. The van der Waals surface area contributed by atoms with Gasteiger partial charge in [0.25, 0.3) is 0 Å². The normalized spacial score (nSPS) is 44.0. The molecule has 3 atom stereocenters. The lowest BCUT2D eigenvalue weighted by Gasteiger charge is -2.63. The number of aromatic nitrogens is 2. The van der Waals surface area contributed by atoms with Gasteiger partial charge in [0.15, 0.2) is 0 Å². The lowest BCUT2D eigenvalue weighted by atomic mass is 9.43. The maximum absolute atomic E-state index is 6.81. The van der Waals surface area contributed by atoms with E-state index < -0.39 is 0 Å². The first-order valence-electron chi connectivity index (χ1n) is 7.84. The summed E-state index contributed by atoms with van der Waals surface area (Å²) in [7, 11) is 2.02. The van der Waals surface area contributed by atoms with E-state index in [0.717, 1.165) is 16.3 Å². The van der Waals surface area contributed by atoms with Crippen LogP contribution in [0.3, 0.4) is 0 Å². The van der Waals surface area contributed by atoms with E-state index in [2.05, 4.69) is 28.0 Å². The van der Waals surface area contributed by atoms with E-state index in [-0.39, 0.29) is 6.04 Å². The first kappa shape index (κ1) is 13.3. The Hall–Kier alpha value is -0.350. The molecule has 0 amide bonds. The van der Waals surface area contributed by atoms with Gasteiger partial charge in [0, 0.05) is 7.05 Å². The second kappa shape index (κ2) is 4.10. The van der Waals surface area contributed by atoms with Crippen molar-refractivity contribution in [2.75, 3.05) is 0 Å². The summed E-state index contributed by atoms with van der Waals surface area (Å²) < 4.78 is 3.05. The first-order valence-corrected chi connectivity index (χ1v) is 8.63. The predicted molar refractivity (Wildman–Crippen MR) is 83.1 cm³/mol. The highest BCUT2D eigenvalue weighted by molar-refractivity contribution is 9.10. The number of rotatable bonds is 2. The molecule has 0 aliphatic heterocycles. The molecule has 5 rings (SSSR count). The van der Waals surface area contributed by atoms with Crippen molar-refractivity contribution in [3.63, 3.8) is 0 Å². The Morgan fingerprint density at radius 3 is 2.50 bits per heavy atom. The van der Waals surface area contributed by atoms with Crippen LogP contribution in [0.1, 0.15) is 57.2 Å². The van der Waals surface area contributed by atoms with Crippen molar-refractivity contribution in [3.05, 3.63) is 16.4 Å². The molecule has 4 saturated carbocycles. The second-order valence-corrected chi connectivity index (χ2v) is 8.97. The average Bonchev–Trinajstić information content (AvgIpc) is 2.65. The Balaban J connectivity index is 1.74. The SMILES string of the molecule is Cn1ncc(Br)c1C(N)C12CC3CC(CC(C)(C3)C1)C2. The summed E-state index contributed by atoms with van der Waals surface area (Å²) in [6.07, 6.45) is 10.2. The topological polar surface area (TPSA) is 43.8 Å². The Morgan fingerprint density at radius 2 is 2.00 bits per heavy atom. The molecule has 0 spiro atoms. The molecule has 4 heteroatoms. The summed E-state index contributed by atoms with van der Waals surface area (Å²) in [6.45, 7) is 2.50. The molecule has 2 N–H and O–H groups in total. The summed E-state index contributed by atoms with van der Waals surface area (Å²) in [4.78, 5) is 0. The largest absolute Gasteiger partial charge is 0.322 e. The van der Waals surface area contributed by atoms with Gasteiger partial charge in [-0.15, -0.1) is 0 Å². The van der Waals surface area contributed by atoms with E-state index >= 15 is 0 Å². The van der Waals surface area contributed by atoms with Gasteiger partial charge >= 0.3 is 0 Å². The van der Waals surface area contributed by atoms with Crippen molar-refractivity contribution in [1.29, 1.82) is 0 Å². The summed E-state index contributed by atoms with van der Waals surface area (Å²) in [5.74, 6) is 1.83. The summed E-state index contributed by atoms with van der Waals surface area (Å²) in [6, 6.07) is 0.120.